The third-order valence-electron chi connectivity index (χ3n) is 2.22. The molecule has 0 aliphatic rings. The van der Waals surface area contributed by atoms with Crippen molar-refractivity contribution in [2.75, 3.05) is 6.54 Å². The van der Waals surface area contributed by atoms with Crippen molar-refractivity contribution in [3.8, 4) is 5.75 Å². The zero-order valence-corrected chi connectivity index (χ0v) is 8.08. The van der Waals surface area contributed by atoms with Crippen LogP contribution < -0.4 is 5.32 Å². The van der Waals surface area contributed by atoms with Crippen LogP contribution in [0.4, 0.5) is 0 Å². The van der Waals surface area contributed by atoms with Crippen molar-refractivity contribution in [3.63, 3.8) is 0 Å². The van der Waals surface area contributed by atoms with Gasteiger partial charge in [-0.3, -0.25) is 0 Å². The second kappa shape index (κ2) is 3.72. The van der Waals surface area contributed by atoms with Crippen LogP contribution in [-0.4, -0.2) is 11.7 Å². The summed E-state index contributed by atoms with van der Waals surface area (Å²) in [6, 6.07) is 5.40. The number of furan rings is 1. The Hall–Kier alpha value is -1.48. The van der Waals surface area contributed by atoms with Crippen molar-refractivity contribution in [1.29, 1.82) is 0 Å². The molecule has 1 heterocycles. The van der Waals surface area contributed by atoms with Gasteiger partial charge in [-0.05, 0) is 12.6 Å². The predicted molar refractivity (Wildman–Crippen MR) is 55.3 cm³/mol. The quantitative estimate of drug-likeness (QED) is 0.782. The largest absolute Gasteiger partial charge is 0.504 e. The molecule has 0 bridgehead atoms. The van der Waals surface area contributed by atoms with Crippen molar-refractivity contribution in [1.82, 2.24) is 5.32 Å². The number of nitrogens with one attached hydrogen (secondary N) is 1. The standard InChI is InChI=1S/C11H13NO2/c1-2-12-6-8-7-14-11-9(8)4-3-5-10(11)13/h3-5,7,12-13H,2,6H2,1H3. The van der Waals surface area contributed by atoms with Gasteiger partial charge in [0.05, 0.1) is 6.26 Å². The number of para-hydroxylation sites is 1. The van der Waals surface area contributed by atoms with Gasteiger partial charge in [0.1, 0.15) is 0 Å². The summed E-state index contributed by atoms with van der Waals surface area (Å²) in [6.07, 6.45) is 1.69. The molecule has 14 heavy (non-hydrogen) atoms. The van der Waals surface area contributed by atoms with Crippen LogP contribution in [0.5, 0.6) is 5.75 Å². The van der Waals surface area contributed by atoms with Crippen LogP contribution in [-0.2, 0) is 6.54 Å². The van der Waals surface area contributed by atoms with E-state index in [4.69, 9.17) is 4.42 Å². The fourth-order valence-electron chi connectivity index (χ4n) is 1.49. The normalized spacial score (nSPS) is 10.9. The molecule has 74 valence electrons. The molecule has 2 N–H and O–H groups in total. The molecule has 0 amide bonds. The van der Waals surface area contributed by atoms with Crippen molar-refractivity contribution in [2.24, 2.45) is 0 Å². The molecule has 2 rings (SSSR count). The third-order valence-corrected chi connectivity index (χ3v) is 2.22. The average molecular weight is 191 g/mol. The second-order valence-corrected chi connectivity index (χ2v) is 3.20. The van der Waals surface area contributed by atoms with Crippen LogP contribution in [0, 0.1) is 0 Å². The van der Waals surface area contributed by atoms with E-state index in [1.165, 1.54) is 0 Å². The van der Waals surface area contributed by atoms with Crippen LogP contribution >= 0.6 is 0 Å². The van der Waals surface area contributed by atoms with E-state index in [0.29, 0.717) is 5.58 Å². The molecule has 2 aromatic rings. The summed E-state index contributed by atoms with van der Waals surface area (Å²) in [5.41, 5.74) is 1.65. The number of hydrogen-bond donors (Lipinski definition) is 2. The molecule has 0 spiro atoms. The Labute approximate surface area is 82.3 Å². The maximum absolute atomic E-state index is 9.50. The highest BCUT2D eigenvalue weighted by Crippen LogP contribution is 2.28. The van der Waals surface area contributed by atoms with Gasteiger partial charge in [-0.25, -0.2) is 0 Å². The number of aromatic hydroxyl groups is 1. The molecule has 1 aromatic carbocycles. The Morgan fingerprint density at radius 2 is 2.29 bits per heavy atom. The lowest BCUT2D eigenvalue weighted by atomic mass is 10.1. The van der Waals surface area contributed by atoms with Gasteiger partial charge in [0.2, 0.25) is 0 Å². The lowest BCUT2D eigenvalue weighted by molar-refractivity contribution is 0.465. The first kappa shape index (κ1) is 9.09. The molecule has 0 fully saturated rings. The number of phenolic OH excluding ortho intramolecular Hbond substituents is 1. The van der Waals surface area contributed by atoms with E-state index in [2.05, 4.69) is 12.2 Å². The minimum Gasteiger partial charge on any atom is -0.504 e. The smallest absolute Gasteiger partial charge is 0.175 e. The highest BCUT2D eigenvalue weighted by molar-refractivity contribution is 5.85. The Morgan fingerprint density at radius 1 is 1.43 bits per heavy atom. The van der Waals surface area contributed by atoms with Crippen LogP contribution in [0.25, 0.3) is 11.0 Å². The Kier molecular flexibility index (Phi) is 2.41. The minimum atomic E-state index is 0.199. The van der Waals surface area contributed by atoms with Crippen molar-refractivity contribution < 1.29 is 9.52 Å². The average Bonchev–Trinajstić information content (AvgIpc) is 2.60. The summed E-state index contributed by atoms with van der Waals surface area (Å²) in [4.78, 5) is 0. The summed E-state index contributed by atoms with van der Waals surface area (Å²) in [5, 5.41) is 13.7. The molecule has 0 saturated carbocycles. The third kappa shape index (κ3) is 1.46. The Morgan fingerprint density at radius 3 is 3.07 bits per heavy atom. The van der Waals surface area contributed by atoms with Crippen LogP contribution in [0.2, 0.25) is 0 Å². The first-order valence-electron chi connectivity index (χ1n) is 4.71. The summed E-state index contributed by atoms with van der Waals surface area (Å²) >= 11 is 0. The van der Waals surface area contributed by atoms with Gasteiger partial charge in [-0.1, -0.05) is 19.1 Å². The highest BCUT2D eigenvalue weighted by Gasteiger charge is 2.07. The maximum atomic E-state index is 9.50. The van der Waals surface area contributed by atoms with E-state index in [1.807, 2.05) is 12.1 Å². The lowest BCUT2D eigenvalue weighted by Gasteiger charge is -1.98. The molecule has 0 unspecified atom stereocenters. The van der Waals surface area contributed by atoms with E-state index in [-0.39, 0.29) is 5.75 Å². The number of fused-ring (bicyclic) bond motifs is 1. The van der Waals surface area contributed by atoms with Gasteiger partial charge in [0.15, 0.2) is 11.3 Å². The monoisotopic (exact) mass is 191 g/mol. The van der Waals surface area contributed by atoms with Gasteiger partial charge in [0.25, 0.3) is 0 Å². The van der Waals surface area contributed by atoms with Crippen molar-refractivity contribution in [2.45, 2.75) is 13.5 Å². The molecular formula is C11H13NO2. The molecule has 0 saturated heterocycles. The molecular weight excluding hydrogens is 178 g/mol. The summed E-state index contributed by atoms with van der Waals surface area (Å²) < 4.78 is 5.29. The minimum absolute atomic E-state index is 0.199. The van der Waals surface area contributed by atoms with E-state index >= 15 is 0 Å². The number of phenols is 1. The number of benzene rings is 1. The highest BCUT2D eigenvalue weighted by atomic mass is 16.3. The zero-order valence-electron chi connectivity index (χ0n) is 8.08. The molecule has 0 aliphatic heterocycles. The van der Waals surface area contributed by atoms with E-state index < -0.39 is 0 Å². The summed E-state index contributed by atoms with van der Waals surface area (Å²) in [7, 11) is 0. The maximum Gasteiger partial charge on any atom is 0.175 e. The first-order chi connectivity index (χ1) is 6.83. The van der Waals surface area contributed by atoms with E-state index in [1.54, 1.807) is 12.3 Å². The van der Waals surface area contributed by atoms with Crippen LogP contribution in [0.1, 0.15) is 12.5 Å². The SMILES string of the molecule is CCNCc1coc2c(O)cccc12. The Balaban J connectivity index is 2.42. The molecule has 0 aliphatic carbocycles. The van der Waals surface area contributed by atoms with Gasteiger partial charge in [-0.15, -0.1) is 0 Å². The van der Waals surface area contributed by atoms with Gasteiger partial charge in [0, 0.05) is 17.5 Å². The number of hydrogen-bond acceptors (Lipinski definition) is 3. The van der Waals surface area contributed by atoms with Crippen molar-refractivity contribution >= 4 is 11.0 Å². The summed E-state index contributed by atoms with van der Waals surface area (Å²) in [6.45, 7) is 3.75. The lowest BCUT2D eigenvalue weighted by Crippen LogP contribution is -2.11. The first-order valence-corrected chi connectivity index (χ1v) is 4.71. The van der Waals surface area contributed by atoms with Gasteiger partial charge in [-0.2, -0.15) is 0 Å². The summed E-state index contributed by atoms with van der Waals surface area (Å²) in [5.74, 6) is 0.199. The Bertz CT molecular complexity index is 434. The van der Waals surface area contributed by atoms with Crippen molar-refractivity contribution in [3.05, 3.63) is 30.0 Å². The van der Waals surface area contributed by atoms with Gasteiger partial charge < -0.3 is 14.8 Å². The molecule has 3 heteroatoms. The fourth-order valence-corrected chi connectivity index (χ4v) is 1.49. The fraction of sp³-hybridized carbons (Fsp3) is 0.273. The van der Waals surface area contributed by atoms with Gasteiger partial charge >= 0.3 is 0 Å². The molecule has 1 aromatic heterocycles. The zero-order chi connectivity index (χ0) is 9.97. The predicted octanol–water partition coefficient (Wildman–Crippen LogP) is 2.25. The molecule has 0 atom stereocenters. The number of rotatable bonds is 3. The van der Waals surface area contributed by atoms with Crippen LogP contribution in [0.3, 0.4) is 0 Å². The topological polar surface area (TPSA) is 45.4 Å². The molecule has 0 radical (unpaired) electrons. The van der Waals surface area contributed by atoms with E-state index in [9.17, 15) is 5.11 Å². The van der Waals surface area contributed by atoms with E-state index in [0.717, 1.165) is 24.0 Å². The van der Waals surface area contributed by atoms with Crippen LogP contribution in [0.15, 0.2) is 28.9 Å². The second-order valence-electron chi connectivity index (χ2n) is 3.20. The molecule has 3 nitrogen and oxygen atoms in total.